The summed E-state index contributed by atoms with van der Waals surface area (Å²) >= 11 is 0. The number of hydrogen-bond acceptors (Lipinski definition) is 6. The highest BCUT2D eigenvalue weighted by Crippen LogP contribution is 2.23. The predicted octanol–water partition coefficient (Wildman–Crippen LogP) is -0.00220. The number of carbonyl (C=O) groups excluding carboxylic acids is 1. The van der Waals surface area contributed by atoms with Gasteiger partial charge in [0.05, 0.1) is 19.5 Å². The largest absolute Gasteiger partial charge is 0.381 e. The molecule has 1 atom stereocenters. The lowest BCUT2D eigenvalue weighted by molar-refractivity contribution is -0.140. The van der Waals surface area contributed by atoms with Crippen LogP contribution in [0.15, 0.2) is 0 Å². The Balaban J connectivity index is 1.60. The van der Waals surface area contributed by atoms with E-state index in [1.807, 2.05) is 4.90 Å². The fraction of sp³-hybridized carbons (Fsp3) is 0.944. The predicted molar refractivity (Wildman–Crippen MR) is 102 cm³/mol. The summed E-state index contributed by atoms with van der Waals surface area (Å²) < 4.78 is 37.2. The number of sulfonamides is 1. The van der Waals surface area contributed by atoms with Gasteiger partial charge in [0, 0.05) is 64.4 Å². The van der Waals surface area contributed by atoms with Gasteiger partial charge in [-0.2, -0.15) is 4.31 Å². The monoisotopic (exact) mass is 403 g/mol. The Morgan fingerprint density at radius 2 is 1.70 bits per heavy atom. The van der Waals surface area contributed by atoms with Crippen molar-refractivity contribution in [1.82, 2.24) is 14.1 Å². The molecule has 0 aliphatic carbocycles. The van der Waals surface area contributed by atoms with E-state index in [4.69, 9.17) is 9.47 Å². The van der Waals surface area contributed by atoms with Crippen LogP contribution in [0.1, 0.15) is 25.7 Å². The number of likely N-dealkylation sites (tertiary alicyclic amines) is 1. The zero-order chi connectivity index (χ0) is 19.3. The maximum absolute atomic E-state index is 12.9. The second kappa shape index (κ2) is 9.65. The standard InChI is InChI=1S/C18H33N3O5S/c1-27(23,24)21(8-7-19-9-13-26-14-10-19)17-3-2-6-20(15-17)18(22)16-4-11-25-12-5-16/h16-17H,2-15H2,1H3. The molecule has 3 aliphatic rings. The van der Waals surface area contributed by atoms with Crippen molar-refractivity contribution in [3.8, 4) is 0 Å². The molecule has 0 aromatic carbocycles. The Morgan fingerprint density at radius 3 is 2.37 bits per heavy atom. The summed E-state index contributed by atoms with van der Waals surface area (Å²) in [6.07, 6.45) is 4.49. The summed E-state index contributed by atoms with van der Waals surface area (Å²) in [5.74, 6) is 0.196. The molecule has 0 aromatic heterocycles. The highest BCUT2D eigenvalue weighted by atomic mass is 32.2. The van der Waals surface area contributed by atoms with E-state index in [0.717, 1.165) is 45.3 Å². The molecule has 1 amide bonds. The number of nitrogens with zero attached hydrogens (tertiary/aromatic N) is 3. The normalized spacial score (nSPS) is 26.4. The number of carbonyl (C=O) groups is 1. The third-order valence-electron chi connectivity index (χ3n) is 5.85. The average Bonchev–Trinajstić information content (AvgIpc) is 2.68. The third-order valence-corrected chi connectivity index (χ3v) is 7.18. The van der Waals surface area contributed by atoms with Gasteiger partial charge in [0.2, 0.25) is 15.9 Å². The van der Waals surface area contributed by atoms with Crippen LogP contribution in [0, 0.1) is 5.92 Å². The molecule has 3 rings (SSSR count). The van der Waals surface area contributed by atoms with E-state index in [9.17, 15) is 13.2 Å². The molecular formula is C18H33N3O5S. The first-order valence-corrected chi connectivity index (χ1v) is 11.9. The maximum atomic E-state index is 12.9. The smallest absolute Gasteiger partial charge is 0.225 e. The fourth-order valence-corrected chi connectivity index (χ4v) is 5.40. The number of amides is 1. The van der Waals surface area contributed by atoms with Gasteiger partial charge in [-0.25, -0.2) is 8.42 Å². The number of hydrogen-bond donors (Lipinski definition) is 0. The molecule has 3 fully saturated rings. The zero-order valence-electron chi connectivity index (χ0n) is 16.3. The van der Waals surface area contributed by atoms with Crippen molar-refractivity contribution in [2.75, 3.05) is 72.0 Å². The van der Waals surface area contributed by atoms with Crippen molar-refractivity contribution in [3.63, 3.8) is 0 Å². The van der Waals surface area contributed by atoms with E-state index in [0.29, 0.717) is 46.1 Å². The van der Waals surface area contributed by atoms with Crippen LogP contribution < -0.4 is 0 Å². The summed E-state index contributed by atoms with van der Waals surface area (Å²) in [4.78, 5) is 17.0. The van der Waals surface area contributed by atoms with Crippen LogP contribution in [0.25, 0.3) is 0 Å². The minimum absolute atomic E-state index is 0.0255. The molecule has 0 radical (unpaired) electrons. The van der Waals surface area contributed by atoms with Crippen LogP contribution >= 0.6 is 0 Å². The van der Waals surface area contributed by atoms with E-state index in [2.05, 4.69) is 4.90 Å². The lowest BCUT2D eigenvalue weighted by Crippen LogP contribution is -2.54. The minimum Gasteiger partial charge on any atom is -0.381 e. The molecule has 9 heteroatoms. The molecular weight excluding hydrogens is 370 g/mol. The first kappa shape index (κ1) is 21.0. The molecule has 8 nitrogen and oxygen atoms in total. The van der Waals surface area contributed by atoms with Gasteiger partial charge in [-0.05, 0) is 25.7 Å². The number of piperidine rings is 1. The molecule has 0 saturated carbocycles. The van der Waals surface area contributed by atoms with Gasteiger partial charge in [-0.3, -0.25) is 9.69 Å². The van der Waals surface area contributed by atoms with Crippen LogP contribution in [0.5, 0.6) is 0 Å². The van der Waals surface area contributed by atoms with Crippen molar-refractivity contribution in [1.29, 1.82) is 0 Å². The van der Waals surface area contributed by atoms with E-state index >= 15 is 0 Å². The van der Waals surface area contributed by atoms with Crippen LogP contribution in [0.2, 0.25) is 0 Å². The van der Waals surface area contributed by atoms with Gasteiger partial charge in [0.25, 0.3) is 0 Å². The van der Waals surface area contributed by atoms with Crippen LogP contribution in [0.4, 0.5) is 0 Å². The second-order valence-electron chi connectivity index (χ2n) is 7.79. The van der Waals surface area contributed by atoms with Crippen LogP contribution in [0.3, 0.4) is 0 Å². The highest BCUT2D eigenvalue weighted by molar-refractivity contribution is 7.88. The summed E-state index contributed by atoms with van der Waals surface area (Å²) in [5.41, 5.74) is 0. The number of ether oxygens (including phenoxy) is 2. The molecule has 3 heterocycles. The Bertz CT molecular complexity index is 588. The molecule has 0 bridgehead atoms. The van der Waals surface area contributed by atoms with E-state index in [-0.39, 0.29) is 17.9 Å². The summed E-state index contributed by atoms with van der Waals surface area (Å²) in [6.45, 7) is 6.80. The number of morpholine rings is 1. The Hall–Kier alpha value is -0.740. The fourth-order valence-electron chi connectivity index (χ4n) is 4.28. The lowest BCUT2D eigenvalue weighted by Gasteiger charge is -2.40. The second-order valence-corrected chi connectivity index (χ2v) is 9.73. The average molecular weight is 404 g/mol. The zero-order valence-corrected chi connectivity index (χ0v) is 17.2. The lowest BCUT2D eigenvalue weighted by atomic mass is 9.96. The molecule has 156 valence electrons. The van der Waals surface area contributed by atoms with Gasteiger partial charge in [-0.1, -0.05) is 0 Å². The van der Waals surface area contributed by atoms with Crippen molar-refractivity contribution >= 4 is 15.9 Å². The Labute approximate surface area is 162 Å². The van der Waals surface area contributed by atoms with Gasteiger partial charge >= 0.3 is 0 Å². The Kier molecular flexibility index (Phi) is 7.49. The quantitative estimate of drug-likeness (QED) is 0.621. The molecule has 0 N–H and O–H groups in total. The molecule has 0 aromatic rings. The topological polar surface area (TPSA) is 79.4 Å². The van der Waals surface area contributed by atoms with Crippen molar-refractivity contribution in [2.24, 2.45) is 5.92 Å². The van der Waals surface area contributed by atoms with Crippen LogP contribution in [-0.4, -0.2) is 106 Å². The number of rotatable bonds is 6. The molecule has 3 saturated heterocycles. The van der Waals surface area contributed by atoms with E-state index in [1.54, 1.807) is 4.31 Å². The molecule has 1 unspecified atom stereocenters. The van der Waals surface area contributed by atoms with Gasteiger partial charge in [-0.15, -0.1) is 0 Å². The first-order valence-electron chi connectivity index (χ1n) is 10.1. The molecule has 27 heavy (non-hydrogen) atoms. The summed E-state index contributed by atoms with van der Waals surface area (Å²) in [5, 5.41) is 0. The van der Waals surface area contributed by atoms with Crippen LogP contribution in [-0.2, 0) is 24.3 Å². The molecule has 3 aliphatic heterocycles. The van der Waals surface area contributed by atoms with Gasteiger partial charge in [0.15, 0.2) is 0 Å². The maximum Gasteiger partial charge on any atom is 0.225 e. The van der Waals surface area contributed by atoms with Gasteiger partial charge < -0.3 is 14.4 Å². The van der Waals surface area contributed by atoms with Crippen molar-refractivity contribution in [2.45, 2.75) is 31.7 Å². The first-order chi connectivity index (χ1) is 12.9. The minimum atomic E-state index is -3.32. The van der Waals surface area contributed by atoms with E-state index in [1.165, 1.54) is 6.26 Å². The molecule has 0 spiro atoms. The Morgan fingerprint density at radius 1 is 1.04 bits per heavy atom. The summed E-state index contributed by atoms with van der Waals surface area (Å²) in [7, 11) is -3.32. The van der Waals surface area contributed by atoms with Crippen molar-refractivity contribution < 1.29 is 22.7 Å². The highest BCUT2D eigenvalue weighted by Gasteiger charge is 2.35. The SMILES string of the molecule is CS(=O)(=O)N(CCN1CCOCC1)C1CCCN(C(=O)C2CCOCC2)C1. The summed E-state index contributed by atoms with van der Waals surface area (Å²) in [6, 6.07) is -0.126. The van der Waals surface area contributed by atoms with E-state index < -0.39 is 10.0 Å². The third kappa shape index (κ3) is 5.87. The van der Waals surface area contributed by atoms with Gasteiger partial charge in [0.1, 0.15) is 0 Å². The van der Waals surface area contributed by atoms with Crippen molar-refractivity contribution in [3.05, 3.63) is 0 Å².